The van der Waals surface area contributed by atoms with Crippen LogP contribution >= 0.6 is 0 Å². The van der Waals surface area contributed by atoms with Crippen LogP contribution in [0.2, 0.25) is 0 Å². The third-order valence-electron chi connectivity index (χ3n) is 3.24. The smallest absolute Gasteiger partial charge is 0.376 e. The monoisotopic (exact) mass is 259 g/mol. The number of hydrogen-bond acceptors (Lipinski definition) is 2. The van der Waals surface area contributed by atoms with Crippen LogP contribution in [-0.2, 0) is 10.9 Å². The molecule has 0 bridgehead atoms. The molecule has 100 valence electrons. The minimum absolute atomic E-state index is 0.0875. The zero-order valence-corrected chi connectivity index (χ0v) is 9.91. The van der Waals surface area contributed by atoms with Crippen molar-refractivity contribution in [3.05, 3.63) is 35.4 Å². The third-order valence-corrected chi connectivity index (χ3v) is 3.24. The van der Waals surface area contributed by atoms with Gasteiger partial charge in [-0.2, -0.15) is 13.2 Å². The average molecular weight is 259 g/mol. The van der Waals surface area contributed by atoms with E-state index in [1.165, 1.54) is 12.1 Å². The van der Waals surface area contributed by atoms with E-state index in [0.717, 1.165) is 31.4 Å². The van der Waals surface area contributed by atoms with E-state index in [9.17, 15) is 13.2 Å². The van der Waals surface area contributed by atoms with Crippen LogP contribution in [0, 0.1) is 0 Å². The molecule has 1 aliphatic heterocycles. The molecule has 0 aromatic heterocycles. The molecule has 2 atom stereocenters. The van der Waals surface area contributed by atoms with Gasteiger partial charge in [-0.3, -0.25) is 0 Å². The fourth-order valence-electron chi connectivity index (χ4n) is 2.16. The van der Waals surface area contributed by atoms with Gasteiger partial charge < -0.3 is 10.5 Å². The second-order valence-electron chi connectivity index (χ2n) is 4.55. The number of benzene rings is 1. The van der Waals surface area contributed by atoms with Gasteiger partial charge in [0.05, 0.1) is 17.7 Å². The molecule has 0 saturated carbocycles. The van der Waals surface area contributed by atoms with E-state index in [1.807, 2.05) is 0 Å². The maximum Gasteiger partial charge on any atom is 0.416 e. The van der Waals surface area contributed by atoms with Crippen molar-refractivity contribution >= 4 is 0 Å². The maximum atomic E-state index is 12.4. The molecule has 2 rings (SSSR count). The van der Waals surface area contributed by atoms with Crippen LogP contribution in [-0.4, -0.2) is 12.7 Å². The molecule has 1 saturated heterocycles. The van der Waals surface area contributed by atoms with Gasteiger partial charge in [0.15, 0.2) is 0 Å². The molecule has 1 aliphatic rings. The molecule has 0 radical (unpaired) electrons. The van der Waals surface area contributed by atoms with Gasteiger partial charge in [0.1, 0.15) is 0 Å². The summed E-state index contributed by atoms with van der Waals surface area (Å²) in [6.07, 6.45) is -1.45. The van der Waals surface area contributed by atoms with Gasteiger partial charge in [-0.05, 0) is 37.0 Å². The Morgan fingerprint density at radius 3 is 2.33 bits per heavy atom. The number of halogens is 3. The van der Waals surface area contributed by atoms with Crippen molar-refractivity contribution in [2.24, 2.45) is 5.73 Å². The molecule has 2 nitrogen and oxygen atoms in total. The molecular weight excluding hydrogens is 243 g/mol. The van der Waals surface area contributed by atoms with Gasteiger partial charge in [-0.1, -0.05) is 12.1 Å². The summed E-state index contributed by atoms with van der Waals surface area (Å²) in [5.41, 5.74) is 6.06. The Bertz CT molecular complexity index is 382. The van der Waals surface area contributed by atoms with Crippen LogP contribution in [0.15, 0.2) is 24.3 Å². The summed E-state index contributed by atoms with van der Waals surface area (Å²) in [7, 11) is 0. The van der Waals surface area contributed by atoms with E-state index in [0.29, 0.717) is 12.2 Å². The van der Waals surface area contributed by atoms with Crippen molar-refractivity contribution in [2.75, 3.05) is 6.61 Å². The molecule has 18 heavy (non-hydrogen) atoms. The number of hydrogen-bond donors (Lipinski definition) is 1. The summed E-state index contributed by atoms with van der Waals surface area (Å²) in [6.45, 7) is 0.680. The van der Waals surface area contributed by atoms with E-state index in [-0.39, 0.29) is 12.1 Å². The largest absolute Gasteiger partial charge is 0.416 e. The SMILES string of the molecule is NC(c1ccc(C(F)(F)F)cc1)C1CCCCO1. The first-order valence-corrected chi connectivity index (χ1v) is 6.03. The summed E-state index contributed by atoms with van der Waals surface area (Å²) in [6, 6.07) is 4.65. The standard InChI is InChI=1S/C13H16F3NO/c14-13(15,16)10-6-4-9(5-7-10)12(17)11-3-1-2-8-18-11/h4-7,11-12H,1-3,8,17H2. The van der Waals surface area contributed by atoms with Gasteiger partial charge in [-0.25, -0.2) is 0 Å². The van der Waals surface area contributed by atoms with Crippen molar-refractivity contribution in [2.45, 2.75) is 37.6 Å². The second kappa shape index (κ2) is 5.28. The summed E-state index contributed by atoms with van der Waals surface area (Å²) in [5, 5.41) is 0. The zero-order valence-electron chi connectivity index (χ0n) is 9.91. The molecule has 2 N–H and O–H groups in total. The van der Waals surface area contributed by atoms with Crippen molar-refractivity contribution in [1.82, 2.24) is 0 Å². The number of rotatable bonds is 2. The highest BCUT2D eigenvalue weighted by Gasteiger charge is 2.30. The highest BCUT2D eigenvalue weighted by atomic mass is 19.4. The summed E-state index contributed by atoms with van der Waals surface area (Å²) in [5.74, 6) is 0. The van der Waals surface area contributed by atoms with Gasteiger partial charge in [-0.15, -0.1) is 0 Å². The van der Waals surface area contributed by atoms with Crippen molar-refractivity contribution in [3.63, 3.8) is 0 Å². The molecule has 0 aliphatic carbocycles. The fraction of sp³-hybridized carbons (Fsp3) is 0.538. The van der Waals surface area contributed by atoms with Gasteiger partial charge >= 0.3 is 6.18 Å². The molecule has 0 spiro atoms. The van der Waals surface area contributed by atoms with E-state index in [1.54, 1.807) is 0 Å². The number of alkyl halides is 3. The second-order valence-corrected chi connectivity index (χ2v) is 4.55. The van der Waals surface area contributed by atoms with Crippen LogP contribution < -0.4 is 5.73 Å². The van der Waals surface area contributed by atoms with Gasteiger partial charge in [0.25, 0.3) is 0 Å². The molecule has 1 aromatic rings. The first kappa shape index (κ1) is 13.4. The minimum atomic E-state index is -4.30. The summed E-state index contributed by atoms with van der Waals surface area (Å²) >= 11 is 0. The highest BCUT2D eigenvalue weighted by Crippen LogP contribution is 2.31. The highest BCUT2D eigenvalue weighted by molar-refractivity contribution is 5.27. The van der Waals surface area contributed by atoms with Crippen LogP contribution in [0.1, 0.15) is 36.4 Å². The first-order chi connectivity index (χ1) is 8.48. The third kappa shape index (κ3) is 3.03. The molecule has 1 heterocycles. The Hall–Kier alpha value is -1.07. The lowest BCUT2D eigenvalue weighted by molar-refractivity contribution is -0.137. The Balaban J connectivity index is 2.09. The normalized spacial score (nSPS) is 22.8. The fourth-order valence-corrected chi connectivity index (χ4v) is 2.16. The molecule has 5 heteroatoms. The van der Waals surface area contributed by atoms with E-state index < -0.39 is 11.7 Å². The van der Waals surface area contributed by atoms with Crippen LogP contribution in [0.4, 0.5) is 13.2 Å². The van der Waals surface area contributed by atoms with E-state index in [4.69, 9.17) is 10.5 Å². The Morgan fingerprint density at radius 2 is 1.83 bits per heavy atom. The Morgan fingerprint density at radius 1 is 1.17 bits per heavy atom. The topological polar surface area (TPSA) is 35.2 Å². The number of ether oxygens (including phenoxy) is 1. The lowest BCUT2D eigenvalue weighted by atomic mass is 9.96. The van der Waals surface area contributed by atoms with Crippen molar-refractivity contribution < 1.29 is 17.9 Å². The molecule has 0 amide bonds. The van der Waals surface area contributed by atoms with Crippen LogP contribution in [0.5, 0.6) is 0 Å². The predicted molar refractivity (Wildman–Crippen MR) is 62.0 cm³/mol. The minimum Gasteiger partial charge on any atom is -0.376 e. The maximum absolute atomic E-state index is 12.4. The Kier molecular flexibility index (Phi) is 3.92. The quantitative estimate of drug-likeness (QED) is 0.884. The summed E-state index contributed by atoms with van der Waals surface area (Å²) < 4.78 is 42.8. The first-order valence-electron chi connectivity index (χ1n) is 6.03. The van der Waals surface area contributed by atoms with Crippen LogP contribution in [0.3, 0.4) is 0 Å². The van der Waals surface area contributed by atoms with Crippen molar-refractivity contribution in [1.29, 1.82) is 0 Å². The predicted octanol–water partition coefficient (Wildman–Crippen LogP) is 3.27. The average Bonchev–Trinajstić information content (AvgIpc) is 2.38. The number of nitrogens with two attached hydrogens (primary N) is 1. The lowest BCUT2D eigenvalue weighted by Gasteiger charge is -2.28. The summed E-state index contributed by atoms with van der Waals surface area (Å²) in [4.78, 5) is 0. The lowest BCUT2D eigenvalue weighted by Crippen LogP contribution is -2.31. The molecule has 1 aromatic carbocycles. The Labute approximate surface area is 104 Å². The van der Waals surface area contributed by atoms with E-state index in [2.05, 4.69) is 0 Å². The molecular formula is C13H16F3NO. The zero-order chi connectivity index (χ0) is 13.2. The van der Waals surface area contributed by atoms with E-state index >= 15 is 0 Å². The van der Waals surface area contributed by atoms with Gasteiger partial charge in [0.2, 0.25) is 0 Å². The molecule has 2 unspecified atom stereocenters. The molecule has 1 fully saturated rings. The van der Waals surface area contributed by atoms with Crippen LogP contribution in [0.25, 0.3) is 0 Å². The van der Waals surface area contributed by atoms with Gasteiger partial charge in [0, 0.05) is 6.61 Å². The van der Waals surface area contributed by atoms with Crippen molar-refractivity contribution in [3.8, 4) is 0 Å².